The summed E-state index contributed by atoms with van der Waals surface area (Å²) in [5.74, 6) is 1.79. The average Bonchev–Trinajstić information content (AvgIpc) is 2.73. The molecule has 2 aromatic heterocycles. The molecule has 0 bridgehead atoms. The fourth-order valence-electron chi connectivity index (χ4n) is 1.68. The molecule has 2 rings (SSSR count). The van der Waals surface area contributed by atoms with Crippen molar-refractivity contribution >= 4 is 12.2 Å². The van der Waals surface area contributed by atoms with Crippen LogP contribution in [0.25, 0.3) is 5.69 Å². The van der Waals surface area contributed by atoms with Crippen LogP contribution in [0.5, 0.6) is 5.88 Å². The van der Waals surface area contributed by atoms with E-state index < -0.39 is 0 Å². The average molecular weight is 264 g/mol. The summed E-state index contributed by atoms with van der Waals surface area (Å²) in [5.41, 5.74) is 0.890. The van der Waals surface area contributed by atoms with Gasteiger partial charge in [0.1, 0.15) is 5.82 Å². The van der Waals surface area contributed by atoms with Crippen LogP contribution >= 0.6 is 12.2 Å². The van der Waals surface area contributed by atoms with Crippen molar-refractivity contribution in [1.29, 1.82) is 0 Å². The molecule has 0 amide bonds. The van der Waals surface area contributed by atoms with Crippen molar-refractivity contribution in [1.82, 2.24) is 19.7 Å². The van der Waals surface area contributed by atoms with Crippen LogP contribution in [0.1, 0.15) is 32.5 Å². The maximum absolute atomic E-state index is 5.32. The summed E-state index contributed by atoms with van der Waals surface area (Å²) in [4.78, 5) is 4.23. The van der Waals surface area contributed by atoms with Crippen molar-refractivity contribution in [2.45, 2.75) is 26.7 Å². The van der Waals surface area contributed by atoms with Crippen LogP contribution in [-0.4, -0.2) is 26.4 Å². The zero-order valence-corrected chi connectivity index (χ0v) is 11.5. The van der Waals surface area contributed by atoms with Gasteiger partial charge in [0.15, 0.2) is 4.77 Å². The molecule has 0 aromatic carbocycles. The Hall–Kier alpha value is -1.69. The molecule has 0 fully saturated rings. The number of aromatic amines is 1. The summed E-state index contributed by atoms with van der Waals surface area (Å²) >= 11 is 5.24. The molecule has 0 aliphatic rings. The van der Waals surface area contributed by atoms with E-state index in [9.17, 15) is 0 Å². The molecule has 96 valence electrons. The molecule has 1 N–H and O–H groups in total. The van der Waals surface area contributed by atoms with E-state index in [2.05, 4.69) is 29.0 Å². The standard InChI is InChI=1S/C12H16N4OS/c1-4-17-10-6-5-9(7-13-10)16-11(8(2)3)14-15-12(16)18/h5-8H,4H2,1-3H3,(H,15,18). The first-order valence-corrected chi connectivity index (χ1v) is 6.30. The molecule has 0 aliphatic heterocycles. The molecular weight excluding hydrogens is 248 g/mol. The Morgan fingerprint density at radius 3 is 2.78 bits per heavy atom. The maximum atomic E-state index is 5.32. The number of ether oxygens (including phenoxy) is 1. The summed E-state index contributed by atoms with van der Waals surface area (Å²) in [5, 5.41) is 7.05. The molecule has 6 heteroatoms. The predicted octanol–water partition coefficient (Wildman–Crippen LogP) is 2.85. The van der Waals surface area contributed by atoms with Crippen molar-refractivity contribution in [3.8, 4) is 11.6 Å². The topological polar surface area (TPSA) is 55.7 Å². The minimum Gasteiger partial charge on any atom is -0.478 e. The molecule has 0 aliphatic carbocycles. The Labute approximate surface area is 111 Å². The third kappa shape index (κ3) is 2.43. The first-order chi connectivity index (χ1) is 8.63. The van der Waals surface area contributed by atoms with Crippen LogP contribution in [0.15, 0.2) is 18.3 Å². The molecular formula is C12H16N4OS. The number of rotatable bonds is 4. The summed E-state index contributed by atoms with van der Waals surface area (Å²) in [6.07, 6.45) is 1.74. The van der Waals surface area contributed by atoms with Crippen LogP contribution < -0.4 is 4.74 Å². The van der Waals surface area contributed by atoms with Crippen molar-refractivity contribution in [2.75, 3.05) is 6.61 Å². The lowest BCUT2D eigenvalue weighted by atomic mass is 10.2. The van der Waals surface area contributed by atoms with Crippen molar-refractivity contribution in [3.63, 3.8) is 0 Å². The van der Waals surface area contributed by atoms with Gasteiger partial charge >= 0.3 is 0 Å². The van der Waals surface area contributed by atoms with Gasteiger partial charge in [0.25, 0.3) is 0 Å². The highest BCUT2D eigenvalue weighted by Crippen LogP contribution is 2.18. The summed E-state index contributed by atoms with van der Waals surface area (Å²) in [6.45, 7) is 6.68. The Balaban J connectivity index is 2.42. The second-order valence-corrected chi connectivity index (χ2v) is 4.55. The smallest absolute Gasteiger partial charge is 0.213 e. The van der Waals surface area contributed by atoms with Crippen LogP contribution in [0.3, 0.4) is 0 Å². The van der Waals surface area contributed by atoms with Gasteiger partial charge in [-0.1, -0.05) is 13.8 Å². The minimum absolute atomic E-state index is 0.282. The fourth-order valence-corrected chi connectivity index (χ4v) is 1.93. The second-order valence-electron chi connectivity index (χ2n) is 4.16. The summed E-state index contributed by atoms with van der Waals surface area (Å²) in [7, 11) is 0. The molecule has 18 heavy (non-hydrogen) atoms. The number of H-pyrrole nitrogens is 1. The second kappa shape index (κ2) is 5.30. The van der Waals surface area contributed by atoms with Gasteiger partial charge in [0, 0.05) is 12.0 Å². The van der Waals surface area contributed by atoms with Gasteiger partial charge in [-0.05, 0) is 25.2 Å². The molecule has 0 spiro atoms. The highest BCUT2D eigenvalue weighted by Gasteiger charge is 2.11. The van der Waals surface area contributed by atoms with Crippen molar-refractivity contribution < 1.29 is 4.74 Å². The third-order valence-corrected chi connectivity index (χ3v) is 2.76. The highest BCUT2D eigenvalue weighted by molar-refractivity contribution is 7.71. The number of pyridine rings is 1. The normalized spacial score (nSPS) is 10.9. The van der Waals surface area contributed by atoms with Crippen LogP contribution in [-0.2, 0) is 0 Å². The van der Waals surface area contributed by atoms with Gasteiger partial charge < -0.3 is 4.74 Å². The van der Waals surface area contributed by atoms with Gasteiger partial charge in [0.05, 0.1) is 18.5 Å². The van der Waals surface area contributed by atoms with Gasteiger partial charge in [0.2, 0.25) is 5.88 Å². The lowest BCUT2D eigenvalue weighted by Crippen LogP contribution is -2.04. The van der Waals surface area contributed by atoms with E-state index in [0.717, 1.165) is 11.5 Å². The molecule has 0 saturated heterocycles. The monoisotopic (exact) mass is 264 g/mol. The van der Waals surface area contributed by atoms with E-state index in [0.29, 0.717) is 17.3 Å². The van der Waals surface area contributed by atoms with Gasteiger partial charge in [-0.3, -0.25) is 9.67 Å². The van der Waals surface area contributed by atoms with E-state index in [-0.39, 0.29) is 5.92 Å². The minimum atomic E-state index is 0.282. The lowest BCUT2D eigenvalue weighted by molar-refractivity contribution is 0.327. The number of hydrogen-bond acceptors (Lipinski definition) is 4. The molecule has 0 radical (unpaired) electrons. The van der Waals surface area contributed by atoms with Crippen LogP contribution in [0.4, 0.5) is 0 Å². The zero-order chi connectivity index (χ0) is 13.1. The van der Waals surface area contributed by atoms with E-state index in [1.165, 1.54) is 0 Å². The molecule has 5 nitrogen and oxygen atoms in total. The number of nitrogens with zero attached hydrogens (tertiary/aromatic N) is 3. The van der Waals surface area contributed by atoms with Crippen LogP contribution in [0.2, 0.25) is 0 Å². The zero-order valence-electron chi connectivity index (χ0n) is 10.7. The molecule has 2 heterocycles. The quantitative estimate of drug-likeness (QED) is 0.863. The first-order valence-electron chi connectivity index (χ1n) is 5.90. The van der Waals surface area contributed by atoms with E-state index >= 15 is 0 Å². The van der Waals surface area contributed by atoms with E-state index in [1.54, 1.807) is 6.20 Å². The Kier molecular flexibility index (Phi) is 3.76. The largest absolute Gasteiger partial charge is 0.478 e. The van der Waals surface area contributed by atoms with Crippen molar-refractivity contribution in [3.05, 3.63) is 28.9 Å². The summed E-state index contributed by atoms with van der Waals surface area (Å²) < 4.78 is 7.78. The maximum Gasteiger partial charge on any atom is 0.213 e. The number of aromatic nitrogens is 4. The van der Waals surface area contributed by atoms with Gasteiger partial charge in [-0.25, -0.2) is 4.98 Å². The van der Waals surface area contributed by atoms with Gasteiger partial charge in [-0.2, -0.15) is 5.10 Å². The Morgan fingerprint density at radius 2 is 2.22 bits per heavy atom. The Bertz CT molecular complexity index is 571. The number of hydrogen-bond donors (Lipinski definition) is 1. The van der Waals surface area contributed by atoms with E-state index in [4.69, 9.17) is 17.0 Å². The predicted molar refractivity (Wildman–Crippen MR) is 71.8 cm³/mol. The van der Waals surface area contributed by atoms with Crippen molar-refractivity contribution in [2.24, 2.45) is 0 Å². The lowest BCUT2D eigenvalue weighted by Gasteiger charge is -2.09. The van der Waals surface area contributed by atoms with Gasteiger partial charge in [-0.15, -0.1) is 0 Å². The van der Waals surface area contributed by atoms with E-state index in [1.807, 2.05) is 23.6 Å². The molecule has 2 aromatic rings. The fraction of sp³-hybridized carbons (Fsp3) is 0.417. The number of nitrogens with one attached hydrogen (secondary N) is 1. The molecule has 0 unspecified atom stereocenters. The molecule has 0 atom stereocenters. The summed E-state index contributed by atoms with van der Waals surface area (Å²) in [6, 6.07) is 3.76. The SMILES string of the molecule is CCOc1ccc(-n2c(C(C)C)n[nH]c2=S)cn1. The Morgan fingerprint density at radius 1 is 1.44 bits per heavy atom. The molecule has 0 saturated carbocycles. The first kappa shape index (κ1) is 12.8. The van der Waals surface area contributed by atoms with Crippen LogP contribution in [0, 0.1) is 4.77 Å². The third-order valence-electron chi connectivity index (χ3n) is 2.49. The highest BCUT2D eigenvalue weighted by atomic mass is 32.1.